The monoisotopic (exact) mass is 265 g/mol. The van der Waals surface area contributed by atoms with Crippen LogP contribution in [0.4, 0.5) is 0 Å². The fourth-order valence-corrected chi connectivity index (χ4v) is 2.20. The maximum absolute atomic E-state index is 3.50. The molecule has 3 N–H and O–H groups in total. The lowest BCUT2D eigenvalue weighted by Crippen LogP contribution is -2.29. The van der Waals surface area contributed by atoms with Crippen LogP contribution >= 0.6 is 0 Å². The van der Waals surface area contributed by atoms with Gasteiger partial charge in [-0.05, 0) is 24.9 Å². The molecule has 0 aliphatic heterocycles. The molecule has 0 aromatic heterocycles. The highest BCUT2D eigenvalue weighted by Crippen LogP contribution is 2.02. The lowest BCUT2D eigenvalue weighted by molar-refractivity contribution is 0.551. The Kier molecular flexibility index (Phi) is 9.75. The summed E-state index contributed by atoms with van der Waals surface area (Å²) in [5, 5.41) is 6.58. The summed E-state index contributed by atoms with van der Waals surface area (Å²) in [6.45, 7) is 3.24. The van der Waals surface area contributed by atoms with Crippen molar-refractivity contribution < 1.29 is 0 Å². The predicted molar refractivity (Wildman–Crippen MR) is 82.3 cm³/mol. The van der Waals surface area contributed by atoms with Crippen molar-refractivity contribution in [2.24, 2.45) is 0 Å². The zero-order valence-electron chi connectivity index (χ0n) is 11.5. The molecular weight excluding hydrogens is 238 g/mol. The minimum absolute atomic E-state index is 0.997. The Labute approximate surface area is 114 Å². The van der Waals surface area contributed by atoms with E-state index >= 15 is 0 Å². The van der Waals surface area contributed by atoms with E-state index in [1.165, 1.54) is 37.7 Å². The lowest BCUT2D eigenvalue weighted by Gasteiger charge is -2.05. The molecule has 0 aliphatic carbocycles. The van der Waals surface area contributed by atoms with Crippen molar-refractivity contribution in [3.63, 3.8) is 0 Å². The highest BCUT2D eigenvalue weighted by atomic mass is 28.2. The average Bonchev–Trinajstić information content (AvgIpc) is 2.42. The summed E-state index contributed by atoms with van der Waals surface area (Å²) in [6.07, 6.45) is 6.62. The third-order valence-electron chi connectivity index (χ3n) is 3.00. The molecule has 0 radical (unpaired) electrons. The molecule has 0 saturated heterocycles. The maximum Gasteiger partial charge on any atom is 0.0942 e. The summed E-state index contributed by atoms with van der Waals surface area (Å²) in [6, 6.07) is 10.6. The highest BCUT2D eigenvalue weighted by Gasteiger charge is 1.92. The molecule has 18 heavy (non-hydrogen) atoms. The molecule has 1 aromatic rings. The second kappa shape index (κ2) is 11.4. The molecule has 4 heteroatoms. The molecule has 0 unspecified atom stereocenters. The summed E-state index contributed by atoms with van der Waals surface area (Å²) in [7, 11) is 1.03. The van der Waals surface area contributed by atoms with Crippen LogP contribution in [0.15, 0.2) is 30.3 Å². The zero-order valence-corrected chi connectivity index (χ0v) is 13.5. The summed E-state index contributed by atoms with van der Waals surface area (Å²) < 4.78 is 0. The van der Waals surface area contributed by atoms with Crippen LogP contribution < -0.4 is 15.8 Å². The zero-order chi connectivity index (χ0) is 12.9. The molecule has 0 aliphatic rings. The van der Waals surface area contributed by atoms with Gasteiger partial charge in [0.1, 0.15) is 0 Å². The van der Waals surface area contributed by atoms with E-state index in [4.69, 9.17) is 0 Å². The number of unbranched alkanes of at least 4 members (excludes halogenated alkanes) is 4. The number of hydrogen-bond acceptors (Lipinski definition) is 3. The van der Waals surface area contributed by atoms with Crippen molar-refractivity contribution >= 4 is 10.4 Å². The van der Waals surface area contributed by atoms with Crippen molar-refractivity contribution in [2.45, 2.75) is 38.6 Å². The molecule has 1 rings (SSSR count). The normalized spacial score (nSPS) is 10.9. The highest BCUT2D eigenvalue weighted by molar-refractivity contribution is 6.03. The van der Waals surface area contributed by atoms with Gasteiger partial charge in [0.15, 0.2) is 0 Å². The van der Waals surface area contributed by atoms with Gasteiger partial charge < -0.3 is 5.32 Å². The van der Waals surface area contributed by atoms with Gasteiger partial charge in [0.05, 0.1) is 10.4 Å². The van der Waals surface area contributed by atoms with Gasteiger partial charge in [-0.2, -0.15) is 0 Å². The second-order valence-corrected chi connectivity index (χ2v) is 5.11. The molecule has 0 fully saturated rings. The van der Waals surface area contributed by atoms with Crippen molar-refractivity contribution in [1.82, 2.24) is 15.8 Å². The van der Waals surface area contributed by atoms with Crippen LogP contribution in [0, 0.1) is 0 Å². The molecule has 0 bridgehead atoms. The van der Waals surface area contributed by atoms with Crippen molar-refractivity contribution in [1.29, 1.82) is 0 Å². The minimum Gasteiger partial charge on any atom is -0.313 e. The summed E-state index contributed by atoms with van der Waals surface area (Å²) >= 11 is 0. The SMILES string of the molecule is [SiH3]NNCCCCCCCNCc1ccccc1. The fraction of sp³-hybridized carbons (Fsp3) is 0.571. The predicted octanol–water partition coefficient (Wildman–Crippen LogP) is 1.10. The first kappa shape index (κ1) is 15.4. The number of rotatable bonds is 11. The van der Waals surface area contributed by atoms with E-state index in [1.807, 2.05) is 0 Å². The molecule has 0 amide bonds. The first-order chi connectivity index (χ1) is 8.93. The third kappa shape index (κ3) is 8.41. The number of nitrogens with one attached hydrogen (secondary N) is 3. The van der Waals surface area contributed by atoms with Gasteiger partial charge in [-0.3, -0.25) is 10.5 Å². The molecule has 0 atom stereocenters. The first-order valence-corrected chi connectivity index (χ1v) is 8.07. The van der Waals surface area contributed by atoms with Crippen LogP contribution in [0.5, 0.6) is 0 Å². The quantitative estimate of drug-likeness (QED) is 0.319. The largest absolute Gasteiger partial charge is 0.313 e. The average molecular weight is 265 g/mol. The summed E-state index contributed by atoms with van der Waals surface area (Å²) in [5.41, 5.74) is 4.55. The van der Waals surface area contributed by atoms with Crippen LogP contribution in [0.1, 0.15) is 37.7 Å². The lowest BCUT2D eigenvalue weighted by atomic mass is 10.1. The number of hydrazine groups is 1. The molecule has 0 spiro atoms. The van der Waals surface area contributed by atoms with Gasteiger partial charge in [-0.25, -0.2) is 0 Å². The van der Waals surface area contributed by atoms with Gasteiger partial charge in [-0.1, -0.05) is 49.6 Å². The Bertz CT molecular complexity index is 280. The van der Waals surface area contributed by atoms with Gasteiger partial charge in [-0.15, -0.1) is 0 Å². The standard InChI is InChI=1S/C14H27N3Si/c18-17-16-12-8-3-1-2-7-11-15-13-14-9-5-4-6-10-14/h4-6,9-10,15-17H,1-3,7-8,11-13H2,18H3. The van der Waals surface area contributed by atoms with Crippen LogP contribution in [0.2, 0.25) is 0 Å². The maximum atomic E-state index is 3.50. The number of hydrogen-bond donors (Lipinski definition) is 3. The van der Waals surface area contributed by atoms with Crippen molar-refractivity contribution in [3.8, 4) is 0 Å². The Morgan fingerprint density at radius 2 is 1.50 bits per heavy atom. The Hall–Kier alpha value is -0.683. The second-order valence-electron chi connectivity index (χ2n) is 4.61. The summed E-state index contributed by atoms with van der Waals surface area (Å²) in [5.74, 6) is 0. The molecule has 3 nitrogen and oxygen atoms in total. The molecule has 102 valence electrons. The summed E-state index contributed by atoms with van der Waals surface area (Å²) in [4.78, 5) is 0. The topological polar surface area (TPSA) is 36.1 Å². The van der Waals surface area contributed by atoms with Gasteiger partial charge in [0, 0.05) is 13.1 Å². The van der Waals surface area contributed by atoms with Crippen molar-refractivity contribution in [2.75, 3.05) is 13.1 Å². The van der Waals surface area contributed by atoms with E-state index in [-0.39, 0.29) is 0 Å². The van der Waals surface area contributed by atoms with E-state index in [0.29, 0.717) is 0 Å². The smallest absolute Gasteiger partial charge is 0.0942 e. The van der Waals surface area contributed by atoms with Gasteiger partial charge in [0.2, 0.25) is 0 Å². The molecular formula is C14H27N3Si. The Balaban J connectivity index is 1.82. The molecule has 0 saturated carbocycles. The molecule has 1 aromatic carbocycles. The van der Waals surface area contributed by atoms with Crippen molar-refractivity contribution in [3.05, 3.63) is 35.9 Å². The molecule has 0 heterocycles. The van der Waals surface area contributed by atoms with Crippen LogP contribution in [-0.2, 0) is 6.54 Å². The first-order valence-electron chi connectivity index (χ1n) is 7.07. The van der Waals surface area contributed by atoms with E-state index in [0.717, 1.165) is 30.0 Å². The third-order valence-corrected chi connectivity index (χ3v) is 3.36. The number of benzene rings is 1. The van der Waals surface area contributed by atoms with Crippen LogP contribution in [0.3, 0.4) is 0 Å². The van der Waals surface area contributed by atoms with Gasteiger partial charge >= 0.3 is 0 Å². The minimum atomic E-state index is 0.997. The van der Waals surface area contributed by atoms with E-state index in [2.05, 4.69) is 46.2 Å². The van der Waals surface area contributed by atoms with E-state index < -0.39 is 0 Å². The fourth-order valence-electron chi connectivity index (χ4n) is 1.95. The van der Waals surface area contributed by atoms with Crippen LogP contribution in [0.25, 0.3) is 0 Å². The van der Waals surface area contributed by atoms with Gasteiger partial charge in [0.25, 0.3) is 0 Å². The Morgan fingerprint density at radius 1 is 0.833 bits per heavy atom. The van der Waals surface area contributed by atoms with E-state index in [1.54, 1.807) is 0 Å². The Morgan fingerprint density at radius 3 is 2.22 bits per heavy atom. The van der Waals surface area contributed by atoms with E-state index in [9.17, 15) is 0 Å². The van der Waals surface area contributed by atoms with Crippen LogP contribution in [-0.4, -0.2) is 23.5 Å².